The lowest BCUT2D eigenvalue weighted by molar-refractivity contribution is -0.813. The van der Waals surface area contributed by atoms with Gasteiger partial charge in [0.1, 0.15) is 11.8 Å². The topological polar surface area (TPSA) is 151 Å². The molecular weight excluding hydrogens is 272 g/mol. The third-order valence-corrected chi connectivity index (χ3v) is 5.00. The Kier molecular flexibility index (Phi) is 2.47. The Bertz CT molecular complexity index is 510. The quantitative estimate of drug-likeness (QED) is 0.327. The van der Waals surface area contributed by atoms with Gasteiger partial charge in [0.05, 0.1) is 21.3 Å². The molecule has 0 radical (unpaired) electrons. The normalized spacial score (nSPS) is 41.2. The zero-order chi connectivity index (χ0) is 14.7. The molecule has 0 aromatic carbocycles. The van der Waals surface area contributed by atoms with Gasteiger partial charge in [0, 0.05) is 11.8 Å². The highest BCUT2D eigenvalue weighted by Crippen LogP contribution is 2.57. The molecule has 10 heteroatoms. The summed E-state index contributed by atoms with van der Waals surface area (Å²) in [4.78, 5) is 21.1. The van der Waals surface area contributed by atoms with Crippen LogP contribution in [0.15, 0.2) is 10.3 Å². The minimum atomic E-state index is -2.49. The molecule has 4 fully saturated rings. The molecule has 4 bridgehead atoms. The van der Waals surface area contributed by atoms with Gasteiger partial charge < -0.3 is 10.4 Å². The summed E-state index contributed by atoms with van der Waals surface area (Å²) in [6.07, 6.45) is 0.763. The summed E-state index contributed by atoms with van der Waals surface area (Å²) in [5.41, 5.74) is -2.21. The van der Waals surface area contributed by atoms with Gasteiger partial charge in [-0.25, -0.2) is 0 Å². The number of nitrogens with zero attached hydrogens (tertiary/aromatic N) is 4. The number of hydrogen-bond donors (Lipinski definition) is 2. The highest BCUT2D eigenvalue weighted by molar-refractivity contribution is 6.01. The van der Waals surface area contributed by atoms with E-state index in [9.17, 15) is 20.2 Å². The molecule has 108 valence electrons. The molecule has 0 aromatic heterocycles. The van der Waals surface area contributed by atoms with Gasteiger partial charge in [0.2, 0.25) is 0 Å². The van der Waals surface area contributed by atoms with Crippen LogP contribution in [0.4, 0.5) is 0 Å². The van der Waals surface area contributed by atoms with Crippen LogP contribution in [-0.2, 0) is 0 Å². The zero-order valence-electron chi connectivity index (χ0n) is 10.2. The van der Waals surface area contributed by atoms with Crippen LogP contribution in [-0.4, -0.2) is 37.3 Å². The fraction of sp³-hybridized carbons (Fsp3) is 0.800. The lowest BCUT2D eigenvalue weighted by Crippen LogP contribution is -2.72. The van der Waals surface area contributed by atoms with Crippen molar-refractivity contribution < 1.29 is 20.3 Å². The van der Waals surface area contributed by atoms with Crippen LogP contribution in [0.2, 0.25) is 0 Å². The Labute approximate surface area is 112 Å². The average Bonchev–Trinajstić information content (AvgIpc) is 2.38. The lowest BCUT2D eigenvalue weighted by Gasteiger charge is -2.51. The second kappa shape index (κ2) is 3.87. The molecule has 4 unspecified atom stereocenters. The van der Waals surface area contributed by atoms with Gasteiger partial charge in [-0.2, -0.15) is 0 Å². The third kappa shape index (κ3) is 1.18. The fourth-order valence-corrected chi connectivity index (χ4v) is 4.30. The first kappa shape index (κ1) is 12.8. The summed E-state index contributed by atoms with van der Waals surface area (Å²) < 4.78 is 0. The molecular formula is C10H12N4O6. The van der Waals surface area contributed by atoms with Crippen molar-refractivity contribution in [1.82, 2.24) is 0 Å². The van der Waals surface area contributed by atoms with E-state index in [1.807, 2.05) is 0 Å². The third-order valence-electron chi connectivity index (χ3n) is 5.00. The van der Waals surface area contributed by atoms with E-state index in [4.69, 9.17) is 10.4 Å². The maximum atomic E-state index is 11.5. The van der Waals surface area contributed by atoms with Crippen molar-refractivity contribution in [3.8, 4) is 0 Å². The summed E-state index contributed by atoms with van der Waals surface area (Å²) in [6, 6.07) is 0. The molecule has 20 heavy (non-hydrogen) atoms. The van der Waals surface area contributed by atoms with Crippen LogP contribution in [0.3, 0.4) is 0 Å². The smallest absolute Gasteiger partial charge is 0.411 e. The van der Waals surface area contributed by atoms with Gasteiger partial charge in [-0.1, -0.05) is 10.3 Å². The van der Waals surface area contributed by atoms with Crippen LogP contribution >= 0.6 is 0 Å². The number of nitro groups is 2. The molecule has 0 aliphatic heterocycles. The Hall–Kier alpha value is -2.26. The Balaban J connectivity index is 2.23. The summed E-state index contributed by atoms with van der Waals surface area (Å²) in [5.74, 6) is -2.53. The van der Waals surface area contributed by atoms with Crippen molar-refractivity contribution in [1.29, 1.82) is 0 Å². The predicted molar refractivity (Wildman–Crippen MR) is 63.0 cm³/mol. The zero-order valence-corrected chi connectivity index (χ0v) is 10.2. The van der Waals surface area contributed by atoms with E-state index >= 15 is 0 Å². The highest BCUT2D eigenvalue weighted by Gasteiger charge is 2.79. The summed E-state index contributed by atoms with van der Waals surface area (Å²) in [7, 11) is 0. The van der Waals surface area contributed by atoms with E-state index in [-0.39, 0.29) is 36.1 Å². The van der Waals surface area contributed by atoms with Gasteiger partial charge in [0.25, 0.3) is 0 Å². The molecule has 4 rings (SSSR count). The minimum Gasteiger partial charge on any atom is -0.411 e. The number of hydrogen-bond acceptors (Lipinski definition) is 8. The van der Waals surface area contributed by atoms with Gasteiger partial charge in [-0.3, -0.25) is 20.2 Å². The Morgan fingerprint density at radius 1 is 0.950 bits per heavy atom. The highest BCUT2D eigenvalue weighted by atomic mass is 16.7. The molecule has 10 nitrogen and oxygen atoms in total. The first-order chi connectivity index (χ1) is 9.48. The molecule has 2 N–H and O–H groups in total. The van der Waals surface area contributed by atoms with Crippen molar-refractivity contribution >= 4 is 11.4 Å². The maximum Gasteiger partial charge on any atom is 0.474 e. The van der Waals surface area contributed by atoms with Crippen molar-refractivity contribution in [3.63, 3.8) is 0 Å². The van der Waals surface area contributed by atoms with Gasteiger partial charge in [-0.05, 0) is 19.3 Å². The Morgan fingerprint density at radius 3 is 1.65 bits per heavy atom. The summed E-state index contributed by atoms with van der Waals surface area (Å²) >= 11 is 0. The van der Waals surface area contributed by atoms with Crippen LogP contribution in [0.25, 0.3) is 0 Å². The monoisotopic (exact) mass is 284 g/mol. The van der Waals surface area contributed by atoms with Crippen molar-refractivity contribution in [3.05, 3.63) is 20.2 Å². The largest absolute Gasteiger partial charge is 0.474 e. The standard InChI is InChI=1S/C10H12N4O6/c15-11-8-4-1-5-3-7(8)10(13(17)18,14(19)20)6(2-4)9(5)12-16/h4-7,15-16H,1-3H2. The molecule has 4 saturated carbocycles. The predicted octanol–water partition coefficient (Wildman–Crippen LogP) is 0.572. The molecule has 0 saturated heterocycles. The van der Waals surface area contributed by atoms with Crippen LogP contribution in [0.5, 0.6) is 0 Å². The number of rotatable bonds is 2. The first-order valence-corrected chi connectivity index (χ1v) is 6.21. The molecule has 0 amide bonds. The SMILES string of the molecule is O=[N+]([O-])C1([N+](=O)[O-])C2CC3CC(CC1C3=NO)C2=NO. The van der Waals surface area contributed by atoms with E-state index in [1.165, 1.54) is 0 Å². The van der Waals surface area contributed by atoms with Crippen LogP contribution in [0, 0.1) is 43.9 Å². The van der Waals surface area contributed by atoms with E-state index in [1.54, 1.807) is 0 Å². The number of oxime groups is 2. The van der Waals surface area contributed by atoms with E-state index < -0.39 is 27.3 Å². The Morgan fingerprint density at radius 2 is 1.35 bits per heavy atom. The van der Waals surface area contributed by atoms with E-state index in [0.29, 0.717) is 6.42 Å². The summed E-state index contributed by atoms with van der Waals surface area (Å²) in [5, 5.41) is 47.3. The van der Waals surface area contributed by atoms with E-state index in [2.05, 4.69) is 10.3 Å². The lowest BCUT2D eigenvalue weighted by atomic mass is 9.50. The average molecular weight is 284 g/mol. The second-order valence-corrected chi connectivity index (χ2v) is 5.55. The molecule has 4 aliphatic rings. The summed E-state index contributed by atoms with van der Waals surface area (Å²) in [6.45, 7) is 0. The molecule has 0 heterocycles. The van der Waals surface area contributed by atoms with Gasteiger partial charge in [0.15, 0.2) is 0 Å². The van der Waals surface area contributed by atoms with Gasteiger partial charge >= 0.3 is 5.66 Å². The molecule has 4 aliphatic carbocycles. The fourth-order valence-electron chi connectivity index (χ4n) is 4.30. The van der Waals surface area contributed by atoms with Crippen LogP contribution in [0.1, 0.15) is 19.3 Å². The van der Waals surface area contributed by atoms with Gasteiger partial charge in [-0.15, -0.1) is 0 Å². The van der Waals surface area contributed by atoms with Crippen molar-refractivity contribution in [2.24, 2.45) is 34.0 Å². The first-order valence-electron chi connectivity index (χ1n) is 6.21. The van der Waals surface area contributed by atoms with Crippen LogP contribution < -0.4 is 0 Å². The molecule has 4 atom stereocenters. The molecule has 0 aromatic rings. The molecule has 0 spiro atoms. The van der Waals surface area contributed by atoms with Crippen molar-refractivity contribution in [2.45, 2.75) is 24.9 Å². The van der Waals surface area contributed by atoms with Crippen molar-refractivity contribution in [2.75, 3.05) is 0 Å². The minimum absolute atomic E-state index is 0.105. The maximum absolute atomic E-state index is 11.5. The van der Waals surface area contributed by atoms with E-state index in [0.717, 1.165) is 0 Å². The second-order valence-electron chi connectivity index (χ2n) is 5.55.